The maximum Gasteiger partial charge on any atom is 0.260 e. The van der Waals surface area contributed by atoms with Crippen molar-refractivity contribution in [3.05, 3.63) is 63.2 Å². The van der Waals surface area contributed by atoms with Crippen LogP contribution in [0.5, 0.6) is 5.75 Å². The Bertz CT molecular complexity index is 1200. The van der Waals surface area contributed by atoms with Crippen LogP contribution in [0.3, 0.4) is 0 Å². The van der Waals surface area contributed by atoms with Crippen molar-refractivity contribution in [2.24, 2.45) is 0 Å². The predicted molar refractivity (Wildman–Crippen MR) is 120 cm³/mol. The van der Waals surface area contributed by atoms with Crippen LogP contribution in [0.25, 0.3) is 22.1 Å². The summed E-state index contributed by atoms with van der Waals surface area (Å²) in [6, 6.07) is 8.88. The average Bonchev–Trinajstić information content (AvgIpc) is 3.27. The van der Waals surface area contributed by atoms with Crippen LogP contribution in [0.4, 0.5) is 4.39 Å². The lowest BCUT2D eigenvalue weighted by atomic mass is 10.0. The second kappa shape index (κ2) is 9.30. The van der Waals surface area contributed by atoms with E-state index in [1.54, 1.807) is 26.0 Å². The Hall–Kier alpha value is -2.90. The van der Waals surface area contributed by atoms with Crippen molar-refractivity contribution in [1.82, 2.24) is 5.32 Å². The first kappa shape index (κ1) is 22.3. The molecule has 32 heavy (non-hydrogen) atoms. The summed E-state index contributed by atoms with van der Waals surface area (Å²) in [5.74, 6) is -0.261. The molecule has 0 spiro atoms. The van der Waals surface area contributed by atoms with E-state index >= 15 is 0 Å². The van der Waals surface area contributed by atoms with E-state index < -0.39 is 17.3 Å². The number of amides is 1. The maximum absolute atomic E-state index is 14.4. The molecular formula is C24H23ClFNO5. The van der Waals surface area contributed by atoms with Crippen molar-refractivity contribution in [2.45, 2.75) is 38.9 Å². The quantitative estimate of drug-likeness (QED) is 0.581. The third-order valence-corrected chi connectivity index (χ3v) is 5.78. The summed E-state index contributed by atoms with van der Waals surface area (Å²) in [5, 5.41) is 3.21. The third kappa shape index (κ3) is 4.49. The molecule has 168 valence electrons. The fourth-order valence-electron chi connectivity index (χ4n) is 3.81. The first-order chi connectivity index (χ1) is 15.3. The second-order valence-electron chi connectivity index (χ2n) is 7.76. The molecule has 0 aliphatic carbocycles. The first-order valence-electron chi connectivity index (χ1n) is 10.4. The highest BCUT2D eigenvalue weighted by atomic mass is 35.5. The van der Waals surface area contributed by atoms with Gasteiger partial charge in [0.1, 0.15) is 22.9 Å². The second-order valence-corrected chi connectivity index (χ2v) is 8.16. The molecule has 0 saturated carbocycles. The van der Waals surface area contributed by atoms with Crippen LogP contribution in [0.2, 0.25) is 5.02 Å². The molecule has 1 N–H and O–H groups in total. The Morgan fingerprint density at radius 1 is 1.31 bits per heavy atom. The summed E-state index contributed by atoms with van der Waals surface area (Å²) in [6.45, 7) is 4.38. The molecule has 8 heteroatoms. The van der Waals surface area contributed by atoms with Gasteiger partial charge in [0.15, 0.2) is 6.10 Å². The van der Waals surface area contributed by atoms with E-state index in [2.05, 4.69) is 5.32 Å². The monoisotopic (exact) mass is 459 g/mol. The number of hydrogen-bond acceptors (Lipinski definition) is 5. The fourth-order valence-corrected chi connectivity index (χ4v) is 4.06. The number of carbonyl (C=O) groups excluding carboxylic acids is 1. The molecule has 2 heterocycles. The molecule has 2 aromatic carbocycles. The van der Waals surface area contributed by atoms with Crippen molar-refractivity contribution in [3.63, 3.8) is 0 Å². The summed E-state index contributed by atoms with van der Waals surface area (Å²) in [5.41, 5.74) is -0.0341. The van der Waals surface area contributed by atoms with Gasteiger partial charge in [0.05, 0.1) is 22.1 Å². The predicted octanol–water partition coefficient (Wildman–Crippen LogP) is 4.62. The molecule has 1 amide bonds. The van der Waals surface area contributed by atoms with E-state index in [-0.39, 0.29) is 44.9 Å². The van der Waals surface area contributed by atoms with Gasteiger partial charge in [-0.05, 0) is 51.0 Å². The third-order valence-electron chi connectivity index (χ3n) is 5.46. The van der Waals surface area contributed by atoms with Gasteiger partial charge < -0.3 is 19.2 Å². The van der Waals surface area contributed by atoms with Crippen LogP contribution >= 0.6 is 11.6 Å². The Morgan fingerprint density at radius 3 is 2.84 bits per heavy atom. The summed E-state index contributed by atoms with van der Waals surface area (Å²) >= 11 is 6.15. The minimum Gasteiger partial charge on any atom is -0.481 e. The average molecular weight is 460 g/mol. The maximum atomic E-state index is 14.4. The van der Waals surface area contributed by atoms with Crippen molar-refractivity contribution in [1.29, 1.82) is 0 Å². The van der Waals surface area contributed by atoms with Crippen LogP contribution < -0.4 is 15.5 Å². The van der Waals surface area contributed by atoms with Crippen LogP contribution in [0.1, 0.15) is 25.5 Å². The standard InChI is InChI=1S/C24H23ClFNO5/c1-13-21(22-18(25)6-3-7-19(22)26)23(28)17-9-8-15(11-20(17)32-13)31-14(2)24(29)27-12-16-5-4-10-30-16/h3,6-9,11,14,16H,4-5,10,12H2,1-2H3,(H,27,29)/t14-,16-/m0/s1. The zero-order valence-electron chi connectivity index (χ0n) is 17.7. The molecule has 0 bridgehead atoms. The van der Waals surface area contributed by atoms with Crippen LogP contribution in [-0.4, -0.2) is 31.3 Å². The van der Waals surface area contributed by atoms with Crippen molar-refractivity contribution in [2.75, 3.05) is 13.2 Å². The van der Waals surface area contributed by atoms with Gasteiger partial charge in [0, 0.05) is 24.8 Å². The van der Waals surface area contributed by atoms with E-state index in [4.69, 9.17) is 25.5 Å². The molecule has 1 saturated heterocycles. The first-order valence-corrected chi connectivity index (χ1v) is 10.8. The van der Waals surface area contributed by atoms with E-state index in [9.17, 15) is 14.0 Å². The van der Waals surface area contributed by atoms with Gasteiger partial charge in [-0.2, -0.15) is 0 Å². The van der Waals surface area contributed by atoms with Crippen LogP contribution in [0, 0.1) is 12.7 Å². The number of hydrogen-bond donors (Lipinski definition) is 1. The summed E-state index contributed by atoms with van der Waals surface area (Å²) < 4.78 is 31.5. The summed E-state index contributed by atoms with van der Waals surface area (Å²) in [6.07, 6.45) is 1.22. The number of benzene rings is 2. The minimum atomic E-state index is -0.752. The highest BCUT2D eigenvalue weighted by Gasteiger charge is 2.22. The van der Waals surface area contributed by atoms with Crippen molar-refractivity contribution in [3.8, 4) is 16.9 Å². The van der Waals surface area contributed by atoms with E-state index in [0.717, 1.165) is 19.4 Å². The Labute approximate surface area is 189 Å². The highest BCUT2D eigenvalue weighted by Crippen LogP contribution is 2.33. The zero-order valence-corrected chi connectivity index (χ0v) is 18.5. The normalized spacial score (nSPS) is 16.8. The number of fused-ring (bicyclic) bond motifs is 1. The minimum absolute atomic E-state index is 0.0131. The van der Waals surface area contributed by atoms with Gasteiger partial charge in [-0.1, -0.05) is 17.7 Å². The van der Waals surface area contributed by atoms with E-state index in [0.29, 0.717) is 12.3 Å². The van der Waals surface area contributed by atoms with Gasteiger partial charge >= 0.3 is 0 Å². The van der Waals surface area contributed by atoms with Gasteiger partial charge in [-0.15, -0.1) is 0 Å². The number of ether oxygens (including phenoxy) is 2. The number of nitrogens with one attached hydrogen (secondary N) is 1. The molecular weight excluding hydrogens is 437 g/mol. The molecule has 6 nitrogen and oxygen atoms in total. The molecule has 2 atom stereocenters. The van der Waals surface area contributed by atoms with Crippen LogP contribution in [0.15, 0.2) is 45.6 Å². The molecule has 4 rings (SSSR count). The number of aryl methyl sites for hydroxylation is 1. The van der Waals surface area contributed by atoms with Crippen LogP contribution in [-0.2, 0) is 9.53 Å². The lowest BCUT2D eigenvalue weighted by Crippen LogP contribution is -2.40. The lowest BCUT2D eigenvalue weighted by Gasteiger charge is -2.17. The topological polar surface area (TPSA) is 77.8 Å². The Morgan fingerprint density at radius 2 is 2.12 bits per heavy atom. The SMILES string of the molecule is Cc1oc2cc(O[C@@H](C)C(=O)NC[C@@H]3CCCO3)ccc2c(=O)c1-c1c(F)cccc1Cl. The molecule has 1 fully saturated rings. The summed E-state index contributed by atoms with van der Waals surface area (Å²) in [4.78, 5) is 25.4. The Balaban J connectivity index is 1.57. The number of halogens is 2. The molecule has 1 aromatic heterocycles. The molecule has 0 unspecified atom stereocenters. The molecule has 1 aliphatic heterocycles. The van der Waals surface area contributed by atoms with E-state index in [1.807, 2.05) is 0 Å². The smallest absolute Gasteiger partial charge is 0.260 e. The van der Waals surface area contributed by atoms with E-state index in [1.165, 1.54) is 24.3 Å². The fraction of sp³-hybridized carbons (Fsp3) is 0.333. The van der Waals surface area contributed by atoms with Gasteiger partial charge in [-0.25, -0.2) is 4.39 Å². The van der Waals surface area contributed by atoms with Gasteiger partial charge in [0.2, 0.25) is 5.43 Å². The highest BCUT2D eigenvalue weighted by molar-refractivity contribution is 6.33. The van der Waals surface area contributed by atoms with Gasteiger partial charge in [0.25, 0.3) is 5.91 Å². The Kier molecular flexibility index (Phi) is 6.48. The van der Waals surface area contributed by atoms with Crippen molar-refractivity contribution >= 4 is 28.5 Å². The zero-order chi connectivity index (χ0) is 22.8. The molecule has 0 radical (unpaired) electrons. The van der Waals surface area contributed by atoms with Crippen molar-refractivity contribution < 1.29 is 23.1 Å². The largest absolute Gasteiger partial charge is 0.481 e. The number of rotatable bonds is 6. The van der Waals surface area contributed by atoms with Gasteiger partial charge in [-0.3, -0.25) is 9.59 Å². The molecule has 1 aliphatic rings. The lowest BCUT2D eigenvalue weighted by molar-refractivity contribution is -0.127. The summed E-state index contributed by atoms with van der Waals surface area (Å²) in [7, 11) is 0. The molecule has 3 aromatic rings. The number of carbonyl (C=O) groups is 1.